The van der Waals surface area contributed by atoms with Crippen LogP contribution in [0.4, 0.5) is 13.2 Å². The van der Waals surface area contributed by atoms with Crippen molar-refractivity contribution in [2.24, 2.45) is 5.92 Å². The standard InChI is InChI=1S/C18H22F3NO2S/c19-18(20,21)17(24)22-10-9-16(23)14-7-4-8-15(11-14)25-12-13-5-2-1-3-6-13/h4,7-8,11,13H,1-3,5-6,9-10,12H2,(H,22,24). The van der Waals surface area contributed by atoms with Gasteiger partial charge in [0, 0.05) is 29.2 Å². The molecule has 1 aromatic rings. The highest BCUT2D eigenvalue weighted by molar-refractivity contribution is 7.99. The van der Waals surface area contributed by atoms with Crippen LogP contribution in [-0.4, -0.2) is 30.2 Å². The van der Waals surface area contributed by atoms with E-state index in [1.165, 1.54) is 32.1 Å². The molecule has 138 valence electrons. The molecule has 0 unspecified atom stereocenters. The van der Waals surface area contributed by atoms with E-state index < -0.39 is 12.1 Å². The van der Waals surface area contributed by atoms with Crippen molar-refractivity contribution < 1.29 is 22.8 Å². The van der Waals surface area contributed by atoms with Gasteiger partial charge in [-0.25, -0.2) is 0 Å². The van der Waals surface area contributed by atoms with Crippen molar-refractivity contribution in [3.8, 4) is 0 Å². The number of nitrogens with one attached hydrogen (secondary N) is 1. The van der Waals surface area contributed by atoms with E-state index in [-0.39, 0.29) is 18.7 Å². The summed E-state index contributed by atoms with van der Waals surface area (Å²) in [6, 6.07) is 7.15. The van der Waals surface area contributed by atoms with Crippen LogP contribution in [0.25, 0.3) is 0 Å². The predicted molar refractivity (Wildman–Crippen MR) is 91.8 cm³/mol. The lowest BCUT2D eigenvalue weighted by atomic mass is 9.91. The fraction of sp³-hybridized carbons (Fsp3) is 0.556. The molecule has 0 aliphatic heterocycles. The third kappa shape index (κ3) is 6.72. The summed E-state index contributed by atoms with van der Waals surface area (Å²) in [7, 11) is 0. The van der Waals surface area contributed by atoms with E-state index in [2.05, 4.69) is 0 Å². The maximum absolute atomic E-state index is 12.1. The van der Waals surface area contributed by atoms with Gasteiger partial charge in [0.2, 0.25) is 0 Å². The number of Topliss-reactive ketones (excluding diaryl/α,β-unsaturated/α-hetero) is 1. The Morgan fingerprint density at radius 2 is 1.88 bits per heavy atom. The highest BCUT2D eigenvalue weighted by Gasteiger charge is 2.38. The largest absolute Gasteiger partial charge is 0.471 e. The monoisotopic (exact) mass is 373 g/mol. The van der Waals surface area contributed by atoms with Gasteiger partial charge in [-0.05, 0) is 30.9 Å². The molecule has 7 heteroatoms. The number of thioether (sulfide) groups is 1. The predicted octanol–water partition coefficient (Wildman–Crippen LogP) is 4.61. The van der Waals surface area contributed by atoms with Crippen molar-refractivity contribution in [1.29, 1.82) is 0 Å². The fourth-order valence-electron chi connectivity index (χ4n) is 2.86. The molecule has 1 fully saturated rings. The number of hydrogen-bond acceptors (Lipinski definition) is 3. The average molecular weight is 373 g/mol. The molecule has 1 saturated carbocycles. The normalized spacial score (nSPS) is 15.8. The van der Waals surface area contributed by atoms with Crippen LogP contribution in [0, 0.1) is 5.92 Å². The van der Waals surface area contributed by atoms with E-state index in [4.69, 9.17) is 0 Å². The van der Waals surface area contributed by atoms with Crippen molar-refractivity contribution in [3.63, 3.8) is 0 Å². The average Bonchev–Trinajstić information content (AvgIpc) is 2.60. The molecule has 0 saturated heterocycles. The molecule has 1 aliphatic carbocycles. The second-order valence-corrected chi connectivity index (χ2v) is 7.36. The van der Waals surface area contributed by atoms with Gasteiger partial charge < -0.3 is 5.32 Å². The Balaban J connectivity index is 1.80. The van der Waals surface area contributed by atoms with Crippen LogP contribution in [0.15, 0.2) is 29.2 Å². The molecule has 0 radical (unpaired) electrons. The molecule has 0 aromatic heterocycles. The zero-order chi connectivity index (χ0) is 18.3. The van der Waals surface area contributed by atoms with Crippen molar-refractivity contribution >= 4 is 23.5 Å². The Morgan fingerprint density at radius 1 is 1.16 bits per heavy atom. The first kappa shape index (κ1) is 19.8. The fourth-order valence-corrected chi connectivity index (χ4v) is 4.01. The first-order valence-electron chi connectivity index (χ1n) is 8.47. The zero-order valence-electron chi connectivity index (χ0n) is 13.9. The SMILES string of the molecule is O=C(CCNC(=O)C(F)(F)F)c1cccc(SCC2CCCCC2)c1. The first-order chi connectivity index (χ1) is 11.9. The highest BCUT2D eigenvalue weighted by atomic mass is 32.2. The quantitative estimate of drug-likeness (QED) is 0.561. The summed E-state index contributed by atoms with van der Waals surface area (Å²) in [6.45, 7) is -0.323. The van der Waals surface area contributed by atoms with Crippen molar-refractivity contribution in [2.75, 3.05) is 12.3 Å². The van der Waals surface area contributed by atoms with Crippen LogP contribution >= 0.6 is 11.8 Å². The second-order valence-electron chi connectivity index (χ2n) is 6.27. The molecular weight excluding hydrogens is 351 g/mol. The van der Waals surface area contributed by atoms with Gasteiger partial charge in [-0.1, -0.05) is 31.4 Å². The summed E-state index contributed by atoms with van der Waals surface area (Å²) in [6.07, 6.45) is 1.32. The molecule has 1 N–H and O–H groups in total. The topological polar surface area (TPSA) is 46.2 Å². The molecule has 1 aliphatic rings. The van der Waals surface area contributed by atoms with Gasteiger partial charge in [-0.2, -0.15) is 13.2 Å². The maximum atomic E-state index is 12.1. The summed E-state index contributed by atoms with van der Waals surface area (Å²) in [4.78, 5) is 23.8. The van der Waals surface area contributed by atoms with Crippen molar-refractivity contribution in [3.05, 3.63) is 29.8 Å². The van der Waals surface area contributed by atoms with Gasteiger partial charge in [0.15, 0.2) is 5.78 Å². The summed E-state index contributed by atoms with van der Waals surface area (Å²) in [5, 5.41) is 1.72. The minimum atomic E-state index is -4.92. The molecular formula is C18H22F3NO2S. The lowest BCUT2D eigenvalue weighted by Gasteiger charge is -2.20. The molecule has 25 heavy (non-hydrogen) atoms. The van der Waals surface area contributed by atoms with Crippen LogP contribution in [0.3, 0.4) is 0 Å². The van der Waals surface area contributed by atoms with E-state index in [1.54, 1.807) is 35.3 Å². The number of amides is 1. The summed E-state index contributed by atoms with van der Waals surface area (Å²) in [5.41, 5.74) is 0.468. The first-order valence-corrected chi connectivity index (χ1v) is 9.46. The number of hydrogen-bond donors (Lipinski definition) is 1. The zero-order valence-corrected chi connectivity index (χ0v) is 14.7. The Kier molecular flexibility index (Phi) is 7.35. The second kappa shape index (κ2) is 9.27. The van der Waals surface area contributed by atoms with E-state index >= 15 is 0 Å². The molecule has 1 aromatic carbocycles. The van der Waals surface area contributed by atoms with Gasteiger partial charge >= 0.3 is 12.1 Å². The molecule has 3 nitrogen and oxygen atoms in total. The minimum Gasteiger partial charge on any atom is -0.348 e. The molecule has 2 rings (SSSR count). The van der Waals surface area contributed by atoms with Crippen LogP contribution in [0.2, 0.25) is 0 Å². The number of halogens is 3. The van der Waals surface area contributed by atoms with Gasteiger partial charge in [0.1, 0.15) is 0 Å². The molecule has 1 amide bonds. The molecule has 0 heterocycles. The van der Waals surface area contributed by atoms with Crippen LogP contribution < -0.4 is 5.32 Å². The number of rotatable bonds is 7. The van der Waals surface area contributed by atoms with E-state index in [9.17, 15) is 22.8 Å². The van der Waals surface area contributed by atoms with E-state index in [0.29, 0.717) is 5.56 Å². The number of benzene rings is 1. The lowest BCUT2D eigenvalue weighted by molar-refractivity contribution is -0.173. The van der Waals surface area contributed by atoms with Gasteiger partial charge in [-0.3, -0.25) is 9.59 Å². The van der Waals surface area contributed by atoms with Gasteiger partial charge in [0.25, 0.3) is 0 Å². The Labute approximate surface area is 149 Å². The lowest BCUT2D eigenvalue weighted by Crippen LogP contribution is -2.37. The summed E-state index contributed by atoms with van der Waals surface area (Å²) in [5.74, 6) is -0.547. The number of carbonyl (C=O) groups excluding carboxylic acids is 2. The number of ketones is 1. The summed E-state index contributed by atoms with van der Waals surface area (Å²) < 4.78 is 36.3. The van der Waals surface area contributed by atoms with E-state index in [1.807, 2.05) is 6.07 Å². The van der Waals surface area contributed by atoms with Crippen molar-refractivity contribution in [1.82, 2.24) is 5.32 Å². The number of carbonyl (C=O) groups is 2. The van der Waals surface area contributed by atoms with Gasteiger partial charge in [-0.15, -0.1) is 11.8 Å². The third-order valence-electron chi connectivity index (χ3n) is 4.26. The smallest absolute Gasteiger partial charge is 0.348 e. The molecule has 0 spiro atoms. The molecule has 0 atom stereocenters. The van der Waals surface area contributed by atoms with Crippen LogP contribution in [0.5, 0.6) is 0 Å². The number of alkyl halides is 3. The van der Waals surface area contributed by atoms with E-state index in [0.717, 1.165) is 16.6 Å². The minimum absolute atomic E-state index is 0.154. The third-order valence-corrected chi connectivity index (χ3v) is 5.49. The Morgan fingerprint density at radius 3 is 2.56 bits per heavy atom. The van der Waals surface area contributed by atoms with Crippen molar-refractivity contribution in [2.45, 2.75) is 49.6 Å². The maximum Gasteiger partial charge on any atom is 0.471 e. The Hall–Kier alpha value is -1.50. The van der Waals surface area contributed by atoms with Crippen LogP contribution in [-0.2, 0) is 4.79 Å². The van der Waals surface area contributed by atoms with Crippen LogP contribution in [0.1, 0.15) is 48.9 Å². The highest BCUT2D eigenvalue weighted by Crippen LogP contribution is 2.30. The summed E-state index contributed by atoms with van der Waals surface area (Å²) >= 11 is 1.72. The Bertz CT molecular complexity index is 598. The van der Waals surface area contributed by atoms with Gasteiger partial charge in [0.05, 0.1) is 0 Å². The molecule has 0 bridgehead atoms.